The lowest BCUT2D eigenvalue weighted by Crippen LogP contribution is -2.37. The number of hydrogen-bond acceptors (Lipinski definition) is 6. The summed E-state index contributed by atoms with van der Waals surface area (Å²) in [4.78, 5) is 40.0. The third-order valence-corrected chi connectivity index (χ3v) is 8.89. The SMILES string of the molecule is COc1cc(C2C3=C(CC(C)(C)CC3=O)OC3=C2C(=O)CC(C)(C)C3)cc(Br)c1OCC(=O)Nc1ccc(C)c(C)c1. The van der Waals surface area contributed by atoms with E-state index in [1.54, 1.807) is 6.07 Å². The van der Waals surface area contributed by atoms with E-state index in [-0.39, 0.29) is 34.9 Å². The summed E-state index contributed by atoms with van der Waals surface area (Å²) in [6.45, 7) is 12.0. The maximum absolute atomic E-state index is 13.6. The quantitative estimate of drug-likeness (QED) is 0.354. The van der Waals surface area contributed by atoms with Crippen molar-refractivity contribution in [1.82, 2.24) is 0 Å². The van der Waals surface area contributed by atoms with Gasteiger partial charge in [0.15, 0.2) is 29.7 Å². The van der Waals surface area contributed by atoms with Crippen LogP contribution in [-0.2, 0) is 19.1 Å². The van der Waals surface area contributed by atoms with Crippen LogP contribution >= 0.6 is 15.9 Å². The van der Waals surface area contributed by atoms with Gasteiger partial charge in [0.05, 0.1) is 11.6 Å². The molecule has 2 aliphatic carbocycles. The van der Waals surface area contributed by atoms with Gasteiger partial charge in [-0.2, -0.15) is 0 Å². The summed E-state index contributed by atoms with van der Waals surface area (Å²) in [5.74, 6) is 1.18. The zero-order chi connectivity index (χ0) is 30.6. The maximum Gasteiger partial charge on any atom is 0.262 e. The number of aryl methyl sites for hydroxylation is 2. The molecule has 1 N–H and O–H groups in total. The third kappa shape index (κ3) is 5.91. The zero-order valence-electron chi connectivity index (χ0n) is 25.3. The van der Waals surface area contributed by atoms with E-state index in [9.17, 15) is 14.4 Å². The Hall–Kier alpha value is -3.39. The molecule has 0 saturated carbocycles. The molecule has 7 nitrogen and oxygen atoms in total. The molecular formula is C34H38BrNO6. The van der Waals surface area contributed by atoms with Crippen LogP contribution in [0, 0.1) is 24.7 Å². The second-order valence-corrected chi connectivity index (χ2v) is 14.1. The molecule has 0 spiro atoms. The van der Waals surface area contributed by atoms with Crippen LogP contribution in [0.5, 0.6) is 11.5 Å². The van der Waals surface area contributed by atoms with Crippen molar-refractivity contribution in [2.45, 2.75) is 73.1 Å². The minimum atomic E-state index is -0.566. The van der Waals surface area contributed by atoms with Crippen molar-refractivity contribution in [3.8, 4) is 11.5 Å². The molecule has 1 aliphatic heterocycles. The minimum Gasteiger partial charge on any atom is -0.493 e. The molecule has 0 aromatic heterocycles. The van der Waals surface area contributed by atoms with Crippen molar-refractivity contribution in [3.05, 3.63) is 74.2 Å². The number of carbonyl (C=O) groups excluding carboxylic acids is 3. The number of allylic oxidation sites excluding steroid dienone is 4. The van der Waals surface area contributed by atoms with Gasteiger partial charge in [0.1, 0.15) is 11.5 Å². The molecule has 0 fully saturated rings. The van der Waals surface area contributed by atoms with Crippen LogP contribution in [0.1, 0.15) is 76.0 Å². The van der Waals surface area contributed by atoms with Crippen molar-refractivity contribution in [1.29, 1.82) is 0 Å². The number of hydrogen-bond donors (Lipinski definition) is 1. The summed E-state index contributed by atoms with van der Waals surface area (Å²) in [5.41, 5.74) is 4.29. The van der Waals surface area contributed by atoms with E-state index in [0.29, 0.717) is 70.0 Å². The second-order valence-electron chi connectivity index (χ2n) is 13.3. The number of anilines is 1. The lowest BCUT2D eigenvalue weighted by atomic mass is 9.65. The number of amides is 1. The predicted molar refractivity (Wildman–Crippen MR) is 165 cm³/mol. The Morgan fingerprint density at radius 1 is 0.929 bits per heavy atom. The van der Waals surface area contributed by atoms with E-state index in [2.05, 4.69) is 48.9 Å². The fourth-order valence-corrected chi connectivity index (χ4v) is 6.78. The van der Waals surface area contributed by atoms with E-state index >= 15 is 0 Å². The number of rotatable bonds is 6. The van der Waals surface area contributed by atoms with Gasteiger partial charge in [-0.15, -0.1) is 0 Å². The molecule has 8 heteroatoms. The van der Waals surface area contributed by atoms with Crippen LogP contribution in [0.15, 0.2) is 57.5 Å². The summed E-state index contributed by atoms with van der Waals surface area (Å²) in [6.07, 6.45) is 1.99. The molecule has 1 amide bonds. The summed E-state index contributed by atoms with van der Waals surface area (Å²) >= 11 is 3.61. The number of ketones is 2. The number of halogens is 1. The van der Waals surface area contributed by atoms with Crippen LogP contribution in [0.3, 0.4) is 0 Å². The van der Waals surface area contributed by atoms with Gasteiger partial charge < -0.3 is 19.5 Å². The molecule has 42 heavy (non-hydrogen) atoms. The van der Waals surface area contributed by atoms with E-state index in [1.165, 1.54) is 7.11 Å². The van der Waals surface area contributed by atoms with E-state index in [4.69, 9.17) is 14.2 Å². The molecule has 0 bridgehead atoms. The largest absolute Gasteiger partial charge is 0.493 e. The molecule has 2 aromatic carbocycles. The average molecular weight is 637 g/mol. The standard InChI is InChI=1S/C34H38BrNO6/c1-18-8-9-21(10-19(18)2)36-28(39)17-41-32-22(35)11-20(12-25(32)40-7)29-30-23(37)13-33(3,4)15-26(30)42-27-16-34(5,6)14-24(38)31(27)29/h8-12,29H,13-17H2,1-7H3,(H,36,39). The molecule has 2 aromatic rings. The summed E-state index contributed by atoms with van der Waals surface area (Å²) in [6, 6.07) is 9.38. The van der Waals surface area contributed by atoms with Crippen molar-refractivity contribution >= 4 is 39.1 Å². The Morgan fingerprint density at radius 2 is 1.52 bits per heavy atom. The molecule has 222 valence electrons. The van der Waals surface area contributed by atoms with Crippen molar-refractivity contribution in [2.75, 3.05) is 19.0 Å². The number of benzene rings is 2. The van der Waals surface area contributed by atoms with Crippen molar-refractivity contribution in [2.24, 2.45) is 10.8 Å². The first-order valence-corrected chi connectivity index (χ1v) is 15.0. The molecule has 5 rings (SSSR count). The van der Waals surface area contributed by atoms with Crippen LogP contribution in [-0.4, -0.2) is 31.2 Å². The highest BCUT2D eigenvalue weighted by Crippen LogP contribution is 2.54. The molecule has 0 radical (unpaired) electrons. The van der Waals surface area contributed by atoms with Gasteiger partial charge in [-0.25, -0.2) is 0 Å². The topological polar surface area (TPSA) is 90.9 Å². The summed E-state index contributed by atoms with van der Waals surface area (Å²) in [7, 11) is 1.52. The van der Waals surface area contributed by atoms with Crippen LogP contribution in [0.2, 0.25) is 0 Å². The van der Waals surface area contributed by atoms with Crippen molar-refractivity contribution < 1.29 is 28.6 Å². The van der Waals surface area contributed by atoms with Gasteiger partial charge in [0, 0.05) is 48.4 Å². The Balaban J connectivity index is 1.49. The summed E-state index contributed by atoms with van der Waals surface area (Å²) < 4.78 is 18.6. The van der Waals surface area contributed by atoms with Gasteiger partial charge >= 0.3 is 0 Å². The minimum absolute atomic E-state index is 0.00568. The number of Topliss-reactive ketones (excluding diaryl/α,β-unsaturated/α-hetero) is 2. The van der Waals surface area contributed by atoms with E-state index < -0.39 is 5.92 Å². The van der Waals surface area contributed by atoms with Gasteiger partial charge in [0.2, 0.25) is 0 Å². The lowest BCUT2D eigenvalue weighted by molar-refractivity contribution is -0.120. The molecule has 0 unspecified atom stereocenters. The zero-order valence-corrected chi connectivity index (χ0v) is 26.9. The first-order valence-electron chi connectivity index (χ1n) is 14.3. The smallest absolute Gasteiger partial charge is 0.262 e. The van der Waals surface area contributed by atoms with E-state index in [1.807, 2.05) is 38.1 Å². The van der Waals surface area contributed by atoms with Crippen LogP contribution in [0.4, 0.5) is 5.69 Å². The number of methoxy groups -OCH3 is 1. The summed E-state index contributed by atoms with van der Waals surface area (Å²) in [5, 5.41) is 2.86. The fraction of sp³-hybridized carbons (Fsp3) is 0.441. The predicted octanol–water partition coefficient (Wildman–Crippen LogP) is 7.49. The molecule has 1 heterocycles. The van der Waals surface area contributed by atoms with E-state index in [0.717, 1.165) is 16.7 Å². The molecule has 0 atom stereocenters. The highest BCUT2D eigenvalue weighted by molar-refractivity contribution is 9.10. The number of carbonyl (C=O) groups is 3. The van der Waals surface area contributed by atoms with Crippen LogP contribution in [0.25, 0.3) is 0 Å². The Kier molecular flexibility index (Phi) is 7.90. The highest BCUT2D eigenvalue weighted by atomic mass is 79.9. The monoisotopic (exact) mass is 635 g/mol. The maximum atomic E-state index is 13.6. The third-order valence-electron chi connectivity index (χ3n) is 8.31. The average Bonchev–Trinajstić information content (AvgIpc) is 2.87. The Bertz CT molecular complexity index is 1510. The number of nitrogens with one attached hydrogen (secondary N) is 1. The first-order chi connectivity index (χ1) is 19.7. The first kappa shape index (κ1) is 30.1. The second kappa shape index (κ2) is 11.0. The molecule has 0 saturated heterocycles. The van der Waals surface area contributed by atoms with Crippen LogP contribution < -0.4 is 14.8 Å². The Labute approximate surface area is 255 Å². The lowest BCUT2D eigenvalue weighted by Gasteiger charge is -2.42. The normalized spacial score (nSPS) is 19.6. The highest BCUT2D eigenvalue weighted by Gasteiger charge is 2.48. The van der Waals surface area contributed by atoms with Gasteiger partial charge in [-0.05, 0) is 81.6 Å². The van der Waals surface area contributed by atoms with Gasteiger partial charge in [-0.3, -0.25) is 14.4 Å². The van der Waals surface area contributed by atoms with Crippen molar-refractivity contribution in [3.63, 3.8) is 0 Å². The fourth-order valence-electron chi connectivity index (χ4n) is 6.21. The Morgan fingerprint density at radius 3 is 2.07 bits per heavy atom. The van der Waals surface area contributed by atoms with Gasteiger partial charge in [-0.1, -0.05) is 33.8 Å². The molecule has 3 aliphatic rings. The number of ether oxygens (including phenoxy) is 3. The van der Waals surface area contributed by atoms with Gasteiger partial charge in [0.25, 0.3) is 5.91 Å². The molecular weight excluding hydrogens is 598 g/mol.